The second-order valence-corrected chi connectivity index (χ2v) is 7.05. The van der Waals surface area contributed by atoms with Gasteiger partial charge in [0, 0.05) is 23.6 Å². The third-order valence-corrected chi connectivity index (χ3v) is 4.04. The fraction of sp³-hybridized carbons (Fsp3) is 0.647. The smallest absolute Gasteiger partial charge is 0.0718 e. The van der Waals surface area contributed by atoms with E-state index < -0.39 is 5.60 Å². The Bertz CT molecular complexity index is 400. The van der Waals surface area contributed by atoms with Crippen molar-refractivity contribution in [2.45, 2.75) is 45.8 Å². The van der Waals surface area contributed by atoms with E-state index in [2.05, 4.69) is 64.3 Å². The van der Waals surface area contributed by atoms with Gasteiger partial charge in [0.1, 0.15) is 0 Å². The lowest BCUT2D eigenvalue weighted by Crippen LogP contribution is -2.40. The van der Waals surface area contributed by atoms with Crippen LogP contribution >= 0.6 is 15.9 Å². The number of nitrogens with zero attached hydrogens (tertiary/aromatic N) is 1. The number of benzene rings is 1. The number of rotatable bonds is 9. The van der Waals surface area contributed by atoms with Crippen molar-refractivity contribution in [3.63, 3.8) is 0 Å². The molecule has 1 aromatic carbocycles. The van der Waals surface area contributed by atoms with Gasteiger partial charge in [-0.25, -0.2) is 0 Å². The van der Waals surface area contributed by atoms with Crippen LogP contribution in [0.3, 0.4) is 0 Å². The van der Waals surface area contributed by atoms with Crippen LogP contribution in [0.2, 0.25) is 0 Å². The summed E-state index contributed by atoms with van der Waals surface area (Å²) >= 11 is 3.48. The number of hydrogen-bond donors (Lipinski definition) is 2. The second kappa shape index (κ2) is 8.89. The maximum absolute atomic E-state index is 9.97. The van der Waals surface area contributed by atoms with E-state index in [-0.39, 0.29) is 0 Å². The minimum atomic E-state index is -0.638. The highest BCUT2D eigenvalue weighted by molar-refractivity contribution is 9.10. The highest BCUT2D eigenvalue weighted by Crippen LogP contribution is 2.20. The molecule has 1 aromatic rings. The fourth-order valence-electron chi connectivity index (χ4n) is 2.54. The van der Waals surface area contributed by atoms with E-state index in [9.17, 15) is 5.11 Å². The SMILES string of the molecule is CCNC(CCN(CC)CC(C)(C)O)c1ccc(Br)cc1. The van der Waals surface area contributed by atoms with Gasteiger partial charge in [-0.15, -0.1) is 0 Å². The third kappa shape index (κ3) is 7.41. The van der Waals surface area contributed by atoms with E-state index >= 15 is 0 Å². The molecule has 1 atom stereocenters. The van der Waals surface area contributed by atoms with E-state index in [0.29, 0.717) is 12.6 Å². The van der Waals surface area contributed by atoms with Crippen molar-refractivity contribution in [2.75, 3.05) is 26.2 Å². The first-order valence-corrected chi connectivity index (χ1v) is 8.58. The third-order valence-electron chi connectivity index (χ3n) is 3.51. The molecule has 0 spiro atoms. The zero-order valence-corrected chi connectivity index (χ0v) is 15.3. The Hall–Kier alpha value is -0.420. The molecule has 0 amide bonds. The average Bonchev–Trinajstić information content (AvgIpc) is 2.41. The number of hydrogen-bond acceptors (Lipinski definition) is 3. The van der Waals surface area contributed by atoms with Gasteiger partial charge >= 0.3 is 0 Å². The molecule has 0 heterocycles. The van der Waals surface area contributed by atoms with Gasteiger partial charge in [0.2, 0.25) is 0 Å². The number of aliphatic hydroxyl groups is 1. The van der Waals surface area contributed by atoms with Crippen LogP contribution in [-0.2, 0) is 0 Å². The molecule has 1 unspecified atom stereocenters. The van der Waals surface area contributed by atoms with Gasteiger partial charge < -0.3 is 15.3 Å². The Morgan fingerprint density at radius 3 is 2.33 bits per heavy atom. The lowest BCUT2D eigenvalue weighted by molar-refractivity contribution is 0.0367. The molecule has 2 N–H and O–H groups in total. The molecule has 0 saturated heterocycles. The van der Waals surface area contributed by atoms with Crippen molar-refractivity contribution in [1.29, 1.82) is 0 Å². The zero-order valence-electron chi connectivity index (χ0n) is 13.7. The monoisotopic (exact) mass is 356 g/mol. The molecule has 0 aliphatic heterocycles. The van der Waals surface area contributed by atoms with E-state index in [4.69, 9.17) is 0 Å². The van der Waals surface area contributed by atoms with Gasteiger partial charge in [-0.1, -0.05) is 41.9 Å². The molecule has 0 radical (unpaired) electrons. The molecule has 0 aromatic heterocycles. The summed E-state index contributed by atoms with van der Waals surface area (Å²) in [7, 11) is 0. The van der Waals surface area contributed by atoms with Crippen LogP contribution < -0.4 is 5.32 Å². The number of likely N-dealkylation sites (N-methyl/N-ethyl adjacent to an activating group) is 1. The summed E-state index contributed by atoms with van der Waals surface area (Å²) in [5, 5.41) is 13.5. The zero-order chi connectivity index (χ0) is 15.9. The highest BCUT2D eigenvalue weighted by atomic mass is 79.9. The van der Waals surface area contributed by atoms with E-state index in [1.54, 1.807) is 0 Å². The van der Waals surface area contributed by atoms with Crippen LogP contribution in [0.5, 0.6) is 0 Å². The summed E-state index contributed by atoms with van der Waals surface area (Å²) < 4.78 is 1.11. The minimum absolute atomic E-state index is 0.360. The van der Waals surface area contributed by atoms with Gasteiger partial charge in [-0.05, 0) is 51.1 Å². The Balaban J connectivity index is 2.63. The molecular weight excluding hydrogens is 328 g/mol. The summed E-state index contributed by atoms with van der Waals surface area (Å²) in [5.74, 6) is 0. The maximum Gasteiger partial charge on any atom is 0.0718 e. The quantitative estimate of drug-likeness (QED) is 0.709. The predicted octanol–water partition coefficient (Wildman–Crippen LogP) is 3.58. The lowest BCUT2D eigenvalue weighted by atomic mass is 10.0. The lowest BCUT2D eigenvalue weighted by Gasteiger charge is -2.29. The first-order chi connectivity index (χ1) is 9.85. The van der Waals surface area contributed by atoms with E-state index in [1.807, 2.05) is 13.8 Å². The van der Waals surface area contributed by atoms with Crippen molar-refractivity contribution in [2.24, 2.45) is 0 Å². The topological polar surface area (TPSA) is 35.5 Å². The first-order valence-electron chi connectivity index (χ1n) is 7.79. The summed E-state index contributed by atoms with van der Waals surface area (Å²) in [6.07, 6.45) is 1.04. The minimum Gasteiger partial charge on any atom is -0.389 e. The predicted molar refractivity (Wildman–Crippen MR) is 93.6 cm³/mol. The van der Waals surface area contributed by atoms with Crippen LogP contribution in [-0.4, -0.2) is 41.8 Å². The fourth-order valence-corrected chi connectivity index (χ4v) is 2.80. The molecule has 1 rings (SSSR count). The summed E-state index contributed by atoms with van der Waals surface area (Å²) in [5.41, 5.74) is 0.681. The van der Waals surface area contributed by atoms with Crippen LogP contribution in [0, 0.1) is 0 Å². The Labute approximate surface area is 137 Å². The van der Waals surface area contributed by atoms with Crippen molar-refractivity contribution >= 4 is 15.9 Å². The molecular formula is C17H29BrN2O. The Morgan fingerprint density at radius 1 is 1.24 bits per heavy atom. The normalized spacial score (nSPS) is 13.7. The molecule has 120 valence electrons. The number of halogens is 1. The van der Waals surface area contributed by atoms with Gasteiger partial charge in [-0.3, -0.25) is 0 Å². The van der Waals surface area contributed by atoms with Crippen molar-refractivity contribution in [3.8, 4) is 0 Å². The molecule has 4 heteroatoms. The van der Waals surface area contributed by atoms with Crippen molar-refractivity contribution in [3.05, 3.63) is 34.3 Å². The van der Waals surface area contributed by atoms with Gasteiger partial charge in [-0.2, -0.15) is 0 Å². The Kier molecular flexibility index (Phi) is 7.88. The van der Waals surface area contributed by atoms with Gasteiger partial charge in [0.05, 0.1) is 5.60 Å². The molecule has 0 aliphatic carbocycles. The van der Waals surface area contributed by atoms with Crippen molar-refractivity contribution in [1.82, 2.24) is 10.2 Å². The van der Waals surface area contributed by atoms with Gasteiger partial charge in [0.25, 0.3) is 0 Å². The van der Waals surface area contributed by atoms with Gasteiger partial charge in [0.15, 0.2) is 0 Å². The molecule has 3 nitrogen and oxygen atoms in total. The van der Waals surface area contributed by atoms with Crippen molar-refractivity contribution < 1.29 is 5.11 Å². The maximum atomic E-state index is 9.97. The van der Waals surface area contributed by atoms with Crippen LogP contribution in [0.15, 0.2) is 28.7 Å². The van der Waals surface area contributed by atoms with E-state index in [1.165, 1.54) is 5.56 Å². The van der Waals surface area contributed by atoms with Crippen LogP contribution in [0.1, 0.15) is 45.7 Å². The summed E-state index contributed by atoms with van der Waals surface area (Å²) in [6, 6.07) is 8.88. The second-order valence-electron chi connectivity index (χ2n) is 6.13. The van der Waals surface area contributed by atoms with E-state index in [0.717, 1.165) is 30.5 Å². The summed E-state index contributed by atoms with van der Waals surface area (Å²) in [6.45, 7) is 11.6. The molecule has 0 fully saturated rings. The average molecular weight is 357 g/mol. The number of nitrogens with one attached hydrogen (secondary N) is 1. The summed E-state index contributed by atoms with van der Waals surface area (Å²) in [4.78, 5) is 2.31. The molecule has 21 heavy (non-hydrogen) atoms. The largest absolute Gasteiger partial charge is 0.389 e. The standard InChI is InChI=1S/C17H29BrN2O/c1-5-19-16(14-7-9-15(18)10-8-14)11-12-20(6-2)13-17(3,4)21/h7-10,16,19,21H,5-6,11-13H2,1-4H3. The molecule has 0 bridgehead atoms. The first kappa shape index (κ1) is 18.6. The van der Waals surface area contributed by atoms with Crippen LogP contribution in [0.4, 0.5) is 0 Å². The van der Waals surface area contributed by atoms with Crippen LogP contribution in [0.25, 0.3) is 0 Å². The highest BCUT2D eigenvalue weighted by Gasteiger charge is 2.18. The Morgan fingerprint density at radius 2 is 1.86 bits per heavy atom. The molecule has 0 saturated carbocycles. The molecule has 0 aliphatic rings.